The highest BCUT2D eigenvalue weighted by atomic mass is 32.2. The van der Waals surface area contributed by atoms with Crippen LogP contribution in [0, 0.1) is 0 Å². The molecule has 0 aliphatic heterocycles. The van der Waals surface area contributed by atoms with E-state index >= 15 is 0 Å². The minimum Gasteiger partial charge on any atom is -0.268 e. The zero-order valence-electron chi connectivity index (χ0n) is 16.6. The number of unbranched alkanes of at least 4 members (excludes halogenated alkanes) is 1. The highest BCUT2D eigenvalue weighted by Crippen LogP contribution is 2.32. The monoisotopic (exact) mass is 397 g/mol. The number of aromatic nitrogens is 2. The van der Waals surface area contributed by atoms with Gasteiger partial charge in [0.25, 0.3) is 10.0 Å². The Bertz CT molecular complexity index is 997. The van der Waals surface area contributed by atoms with Crippen LogP contribution in [0.15, 0.2) is 71.8 Å². The molecule has 0 amide bonds. The van der Waals surface area contributed by atoms with Crippen LogP contribution in [0.4, 0.5) is 5.69 Å². The summed E-state index contributed by atoms with van der Waals surface area (Å²) in [4.78, 5) is 0.243. The number of anilines is 1. The predicted octanol–water partition coefficient (Wildman–Crippen LogP) is 5.13. The van der Waals surface area contributed by atoms with E-state index in [0.29, 0.717) is 17.9 Å². The van der Waals surface area contributed by atoms with Gasteiger partial charge in [0.1, 0.15) is 10.6 Å². The van der Waals surface area contributed by atoms with Gasteiger partial charge in [-0.3, -0.25) is 8.99 Å². The number of rotatable bonds is 8. The number of hydrogen-bond donors (Lipinski definition) is 0. The summed E-state index contributed by atoms with van der Waals surface area (Å²) < 4.78 is 30.7. The second kappa shape index (κ2) is 8.61. The molecular formula is C22H27N3O2S. The first-order valence-corrected chi connectivity index (χ1v) is 11.1. The maximum Gasteiger partial charge on any atom is 0.268 e. The molecule has 2 aromatic carbocycles. The lowest BCUT2D eigenvalue weighted by Gasteiger charge is -2.24. The smallest absolute Gasteiger partial charge is 0.268 e. The molecule has 0 radical (unpaired) electrons. The van der Waals surface area contributed by atoms with E-state index < -0.39 is 10.0 Å². The average Bonchev–Trinajstić information content (AvgIpc) is 3.16. The normalized spacial score (nSPS) is 11.7. The van der Waals surface area contributed by atoms with E-state index in [1.165, 1.54) is 4.31 Å². The Hall–Kier alpha value is -2.60. The van der Waals surface area contributed by atoms with Crippen molar-refractivity contribution < 1.29 is 8.42 Å². The van der Waals surface area contributed by atoms with Crippen molar-refractivity contribution in [1.29, 1.82) is 0 Å². The van der Waals surface area contributed by atoms with Crippen LogP contribution >= 0.6 is 0 Å². The first-order chi connectivity index (χ1) is 13.4. The van der Waals surface area contributed by atoms with Gasteiger partial charge < -0.3 is 0 Å². The van der Waals surface area contributed by atoms with E-state index in [1.807, 2.05) is 74.5 Å². The van der Waals surface area contributed by atoms with Crippen LogP contribution < -0.4 is 4.31 Å². The van der Waals surface area contributed by atoms with Gasteiger partial charge in [-0.25, -0.2) is 8.42 Å². The summed E-state index contributed by atoms with van der Waals surface area (Å²) in [5, 5.41) is 4.61. The molecule has 28 heavy (non-hydrogen) atoms. The van der Waals surface area contributed by atoms with Gasteiger partial charge in [0.2, 0.25) is 0 Å². The van der Waals surface area contributed by atoms with Gasteiger partial charge >= 0.3 is 0 Å². The molecule has 0 unspecified atom stereocenters. The summed E-state index contributed by atoms with van der Waals surface area (Å²) in [7, 11) is -3.77. The van der Waals surface area contributed by atoms with Crippen LogP contribution in [0.5, 0.6) is 0 Å². The van der Waals surface area contributed by atoms with Gasteiger partial charge in [-0.1, -0.05) is 61.9 Å². The van der Waals surface area contributed by atoms with Crippen LogP contribution in [0.2, 0.25) is 0 Å². The summed E-state index contributed by atoms with van der Waals surface area (Å²) in [6.07, 6.45) is 3.35. The summed E-state index contributed by atoms with van der Waals surface area (Å²) in [5.74, 6) is 0. The molecular weight excluding hydrogens is 370 g/mol. The van der Waals surface area contributed by atoms with Gasteiger partial charge in [0.05, 0.1) is 5.69 Å². The standard InChI is InChI=1S/C22H27N3O2S/c1-4-5-16-25(20-14-10-7-11-15-20)28(26,27)21-17-24(18(2)3)23-22(21)19-12-8-6-9-13-19/h6-15,17-18H,4-5,16H2,1-3H3. The van der Waals surface area contributed by atoms with Crippen molar-refractivity contribution in [3.05, 3.63) is 66.9 Å². The number of hydrogen-bond acceptors (Lipinski definition) is 3. The Labute approximate surface area is 167 Å². The number of sulfonamides is 1. The summed E-state index contributed by atoms with van der Waals surface area (Å²) in [6, 6.07) is 18.8. The summed E-state index contributed by atoms with van der Waals surface area (Å²) >= 11 is 0. The fraction of sp³-hybridized carbons (Fsp3) is 0.318. The third-order valence-corrected chi connectivity index (χ3v) is 6.43. The lowest BCUT2D eigenvalue weighted by atomic mass is 10.2. The van der Waals surface area contributed by atoms with Gasteiger partial charge in [-0.15, -0.1) is 0 Å². The van der Waals surface area contributed by atoms with E-state index in [9.17, 15) is 8.42 Å². The quantitative estimate of drug-likeness (QED) is 0.530. The van der Waals surface area contributed by atoms with Crippen molar-refractivity contribution in [2.45, 2.75) is 44.6 Å². The van der Waals surface area contributed by atoms with Crippen molar-refractivity contribution in [2.75, 3.05) is 10.8 Å². The molecule has 0 saturated carbocycles. The average molecular weight is 398 g/mol. The van der Waals surface area contributed by atoms with E-state index in [2.05, 4.69) is 12.0 Å². The third kappa shape index (κ3) is 4.12. The second-order valence-corrected chi connectivity index (χ2v) is 8.88. The van der Waals surface area contributed by atoms with Gasteiger partial charge in [-0.2, -0.15) is 5.10 Å². The van der Waals surface area contributed by atoms with Gasteiger partial charge in [-0.05, 0) is 32.4 Å². The fourth-order valence-corrected chi connectivity index (χ4v) is 4.68. The Morgan fingerprint density at radius 2 is 1.61 bits per heavy atom. The molecule has 148 valence electrons. The molecule has 0 aliphatic rings. The van der Waals surface area contributed by atoms with Crippen molar-refractivity contribution in [3.63, 3.8) is 0 Å². The number of para-hydroxylation sites is 1. The predicted molar refractivity (Wildman–Crippen MR) is 114 cm³/mol. The van der Waals surface area contributed by atoms with Crippen molar-refractivity contribution >= 4 is 15.7 Å². The maximum absolute atomic E-state index is 13.7. The van der Waals surface area contributed by atoms with Crippen LogP contribution in [0.25, 0.3) is 11.3 Å². The van der Waals surface area contributed by atoms with Crippen molar-refractivity contribution in [1.82, 2.24) is 9.78 Å². The van der Waals surface area contributed by atoms with Gasteiger partial charge in [0, 0.05) is 24.3 Å². The maximum atomic E-state index is 13.7. The Balaban J connectivity index is 2.16. The molecule has 0 fully saturated rings. The van der Waals surface area contributed by atoms with E-state index in [-0.39, 0.29) is 10.9 Å². The Morgan fingerprint density at radius 1 is 1.00 bits per heavy atom. The largest absolute Gasteiger partial charge is 0.268 e. The molecule has 0 bridgehead atoms. The van der Waals surface area contributed by atoms with Crippen molar-refractivity contribution in [3.8, 4) is 11.3 Å². The van der Waals surface area contributed by atoms with E-state index in [1.54, 1.807) is 10.9 Å². The molecule has 1 heterocycles. The van der Waals surface area contributed by atoms with Crippen LogP contribution in [0.1, 0.15) is 39.7 Å². The summed E-state index contributed by atoms with van der Waals surface area (Å²) in [6.45, 7) is 6.47. The highest BCUT2D eigenvalue weighted by Gasteiger charge is 2.30. The lowest BCUT2D eigenvalue weighted by molar-refractivity contribution is 0.532. The Kier molecular flexibility index (Phi) is 6.19. The SMILES string of the molecule is CCCCN(c1ccccc1)S(=O)(=O)c1cn(C(C)C)nc1-c1ccccc1. The molecule has 0 atom stereocenters. The molecule has 3 aromatic rings. The van der Waals surface area contributed by atoms with Crippen LogP contribution in [-0.4, -0.2) is 24.7 Å². The molecule has 6 heteroatoms. The molecule has 0 aliphatic carbocycles. The van der Waals surface area contributed by atoms with E-state index in [0.717, 1.165) is 18.4 Å². The minimum atomic E-state index is -3.77. The summed E-state index contributed by atoms with van der Waals surface area (Å²) in [5.41, 5.74) is 1.96. The lowest BCUT2D eigenvalue weighted by Crippen LogP contribution is -2.32. The first-order valence-electron chi connectivity index (χ1n) is 9.67. The molecule has 0 saturated heterocycles. The fourth-order valence-electron chi connectivity index (χ4n) is 3.03. The zero-order valence-corrected chi connectivity index (χ0v) is 17.4. The number of benzene rings is 2. The van der Waals surface area contributed by atoms with Crippen LogP contribution in [0.3, 0.4) is 0 Å². The zero-order chi connectivity index (χ0) is 20.1. The minimum absolute atomic E-state index is 0.0622. The van der Waals surface area contributed by atoms with Gasteiger partial charge in [0.15, 0.2) is 0 Å². The molecule has 1 aromatic heterocycles. The Morgan fingerprint density at radius 3 is 2.18 bits per heavy atom. The molecule has 3 rings (SSSR count). The molecule has 0 spiro atoms. The first kappa shape index (κ1) is 20.1. The third-order valence-electron chi connectivity index (χ3n) is 4.60. The second-order valence-electron chi connectivity index (χ2n) is 7.05. The van der Waals surface area contributed by atoms with Crippen molar-refractivity contribution in [2.24, 2.45) is 0 Å². The molecule has 5 nitrogen and oxygen atoms in total. The topological polar surface area (TPSA) is 55.2 Å². The highest BCUT2D eigenvalue weighted by molar-refractivity contribution is 7.93. The van der Waals surface area contributed by atoms with Crippen LogP contribution in [-0.2, 0) is 10.0 Å². The van der Waals surface area contributed by atoms with E-state index in [4.69, 9.17) is 0 Å². The molecule has 0 N–H and O–H groups in total. The number of nitrogens with zero attached hydrogens (tertiary/aromatic N) is 3.